The second kappa shape index (κ2) is 9.66. The molecule has 1 aliphatic heterocycles. The molecule has 150 valence electrons. The smallest absolute Gasteiger partial charge is 0.246 e. The number of carbonyl (C=O) groups excluding carboxylic acids is 1. The Morgan fingerprint density at radius 3 is 2.97 bits per heavy atom. The van der Waals surface area contributed by atoms with Crippen molar-refractivity contribution in [1.29, 1.82) is 0 Å². The van der Waals surface area contributed by atoms with Gasteiger partial charge in [0.1, 0.15) is 0 Å². The van der Waals surface area contributed by atoms with E-state index in [9.17, 15) is 4.79 Å². The predicted molar refractivity (Wildman–Crippen MR) is 123 cm³/mol. The van der Waals surface area contributed by atoms with E-state index in [1.807, 2.05) is 36.2 Å². The SMILES string of the molecule is C=CC(=O)N1Cc2sc(C)cc2[C@@H](/C=C(/C=C\C=C/C)c2cccnc2CC)C1. The maximum absolute atomic E-state index is 12.4. The van der Waals surface area contributed by atoms with Crippen molar-refractivity contribution in [2.45, 2.75) is 39.7 Å². The predicted octanol–water partition coefficient (Wildman–Crippen LogP) is 5.84. The summed E-state index contributed by atoms with van der Waals surface area (Å²) in [5.74, 6) is 0.129. The molecule has 4 heteroatoms. The molecule has 1 atom stereocenters. The molecule has 29 heavy (non-hydrogen) atoms. The van der Waals surface area contributed by atoms with Gasteiger partial charge in [-0.1, -0.05) is 49.9 Å². The Kier molecular flexibility index (Phi) is 6.99. The number of allylic oxidation sites excluding steroid dienone is 5. The van der Waals surface area contributed by atoms with Crippen LogP contribution in [0.2, 0.25) is 0 Å². The second-order valence-corrected chi connectivity index (χ2v) is 8.46. The molecule has 3 nitrogen and oxygen atoms in total. The fraction of sp³-hybridized carbons (Fsp3) is 0.280. The van der Waals surface area contributed by atoms with Crippen molar-refractivity contribution in [1.82, 2.24) is 9.88 Å². The minimum atomic E-state index is -0.0123. The third-order valence-electron chi connectivity index (χ3n) is 5.10. The highest BCUT2D eigenvalue weighted by Crippen LogP contribution is 2.37. The van der Waals surface area contributed by atoms with Gasteiger partial charge in [-0.3, -0.25) is 9.78 Å². The minimum Gasteiger partial charge on any atom is -0.333 e. The molecular formula is C25H28N2OS. The van der Waals surface area contributed by atoms with Crippen LogP contribution in [0.4, 0.5) is 0 Å². The Bertz CT molecular complexity index is 980. The fourth-order valence-corrected chi connectivity index (χ4v) is 4.86. The largest absolute Gasteiger partial charge is 0.333 e. The Labute approximate surface area is 177 Å². The quantitative estimate of drug-likeness (QED) is 0.447. The number of aromatic nitrogens is 1. The molecule has 1 aliphatic rings. The molecule has 0 fully saturated rings. The van der Waals surface area contributed by atoms with Crippen molar-refractivity contribution in [3.05, 3.63) is 94.0 Å². The number of hydrogen-bond donors (Lipinski definition) is 0. The molecule has 0 saturated carbocycles. The van der Waals surface area contributed by atoms with Crippen LogP contribution in [-0.4, -0.2) is 22.3 Å². The normalized spacial score (nSPS) is 17.1. The molecule has 0 N–H and O–H groups in total. The highest BCUT2D eigenvalue weighted by atomic mass is 32.1. The number of fused-ring (bicyclic) bond motifs is 1. The van der Waals surface area contributed by atoms with E-state index in [4.69, 9.17) is 0 Å². The summed E-state index contributed by atoms with van der Waals surface area (Å²) in [5.41, 5.74) is 4.71. The molecule has 0 aliphatic carbocycles. The van der Waals surface area contributed by atoms with Crippen molar-refractivity contribution in [3.8, 4) is 0 Å². The number of hydrogen-bond acceptors (Lipinski definition) is 3. The van der Waals surface area contributed by atoms with Crippen LogP contribution in [0, 0.1) is 6.92 Å². The van der Waals surface area contributed by atoms with Crippen molar-refractivity contribution in [2.24, 2.45) is 0 Å². The Morgan fingerprint density at radius 1 is 1.41 bits per heavy atom. The molecule has 3 rings (SSSR count). The average Bonchev–Trinajstić information content (AvgIpc) is 3.12. The first-order chi connectivity index (χ1) is 14.1. The maximum Gasteiger partial charge on any atom is 0.246 e. The monoisotopic (exact) mass is 404 g/mol. The van der Waals surface area contributed by atoms with Crippen molar-refractivity contribution in [3.63, 3.8) is 0 Å². The molecule has 2 aromatic rings. The third kappa shape index (κ3) is 4.83. The van der Waals surface area contributed by atoms with Gasteiger partial charge in [-0.05, 0) is 49.6 Å². The Morgan fingerprint density at radius 2 is 2.24 bits per heavy atom. The number of aryl methyl sites for hydroxylation is 2. The van der Waals surface area contributed by atoms with E-state index >= 15 is 0 Å². The molecule has 0 radical (unpaired) electrons. The minimum absolute atomic E-state index is 0.0123. The van der Waals surface area contributed by atoms with Gasteiger partial charge in [0.2, 0.25) is 5.91 Å². The summed E-state index contributed by atoms with van der Waals surface area (Å²) < 4.78 is 0. The lowest BCUT2D eigenvalue weighted by molar-refractivity contribution is -0.127. The van der Waals surface area contributed by atoms with Crippen LogP contribution in [0.5, 0.6) is 0 Å². The average molecular weight is 405 g/mol. The van der Waals surface area contributed by atoms with E-state index in [1.54, 1.807) is 11.3 Å². The third-order valence-corrected chi connectivity index (χ3v) is 6.15. The van der Waals surface area contributed by atoms with Gasteiger partial charge in [0, 0.05) is 39.7 Å². The molecule has 1 amide bonds. The number of amides is 1. The molecule has 0 bridgehead atoms. The van der Waals surface area contributed by atoms with Crippen LogP contribution in [-0.2, 0) is 17.8 Å². The summed E-state index contributed by atoms with van der Waals surface area (Å²) in [6, 6.07) is 6.39. The van der Waals surface area contributed by atoms with Gasteiger partial charge in [-0.25, -0.2) is 0 Å². The number of carbonyl (C=O) groups is 1. The maximum atomic E-state index is 12.4. The second-order valence-electron chi connectivity index (χ2n) is 7.12. The first-order valence-electron chi connectivity index (χ1n) is 10.0. The number of pyridine rings is 1. The van der Waals surface area contributed by atoms with Gasteiger partial charge in [-0.15, -0.1) is 11.3 Å². The number of rotatable bonds is 6. The topological polar surface area (TPSA) is 33.2 Å². The zero-order valence-electron chi connectivity index (χ0n) is 17.4. The molecule has 2 aromatic heterocycles. The molecule has 0 aromatic carbocycles. The summed E-state index contributed by atoms with van der Waals surface area (Å²) in [6.07, 6.45) is 14.7. The lowest BCUT2D eigenvalue weighted by atomic mass is 9.90. The van der Waals surface area contributed by atoms with Crippen LogP contribution < -0.4 is 0 Å². The lowest BCUT2D eigenvalue weighted by Crippen LogP contribution is -2.36. The van der Waals surface area contributed by atoms with Crippen LogP contribution in [0.3, 0.4) is 0 Å². The number of thiophene rings is 1. The van der Waals surface area contributed by atoms with E-state index < -0.39 is 0 Å². The van der Waals surface area contributed by atoms with E-state index in [-0.39, 0.29) is 11.8 Å². The van der Waals surface area contributed by atoms with Crippen LogP contribution in [0.15, 0.2) is 67.4 Å². The highest BCUT2D eigenvalue weighted by molar-refractivity contribution is 7.12. The summed E-state index contributed by atoms with van der Waals surface area (Å²) in [6.45, 7) is 11.3. The molecule has 0 spiro atoms. The van der Waals surface area contributed by atoms with Crippen molar-refractivity contribution in [2.75, 3.05) is 6.54 Å². The van der Waals surface area contributed by atoms with Gasteiger partial charge in [0.15, 0.2) is 0 Å². The van der Waals surface area contributed by atoms with Crippen molar-refractivity contribution < 1.29 is 4.79 Å². The van der Waals surface area contributed by atoms with Gasteiger partial charge >= 0.3 is 0 Å². The van der Waals surface area contributed by atoms with E-state index in [1.165, 1.54) is 21.4 Å². The van der Waals surface area contributed by atoms with E-state index in [0.717, 1.165) is 23.3 Å². The highest BCUT2D eigenvalue weighted by Gasteiger charge is 2.28. The fourth-order valence-electron chi connectivity index (χ4n) is 3.74. The summed E-state index contributed by atoms with van der Waals surface area (Å²) in [7, 11) is 0. The van der Waals surface area contributed by atoms with Gasteiger partial charge in [0.25, 0.3) is 0 Å². The number of nitrogens with zero attached hydrogens (tertiary/aromatic N) is 2. The lowest BCUT2D eigenvalue weighted by Gasteiger charge is -2.31. The van der Waals surface area contributed by atoms with E-state index in [0.29, 0.717) is 13.1 Å². The zero-order valence-corrected chi connectivity index (χ0v) is 18.2. The van der Waals surface area contributed by atoms with Crippen LogP contribution in [0.1, 0.15) is 46.3 Å². The molecule has 0 unspecified atom stereocenters. The molecule has 3 heterocycles. The van der Waals surface area contributed by atoms with E-state index in [2.05, 4.69) is 55.8 Å². The Hall–Kier alpha value is -2.72. The van der Waals surface area contributed by atoms with Crippen molar-refractivity contribution >= 4 is 22.8 Å². The Balaban J connectivity index is 2.09. The van der Waals surface area contributed by atoms with Gasteiger partial charge in [0.05, 0.1) is 6.54 Å². The summed E-state index contributed by atoms with van der Waals surface area (Å²) in [4.78, 5) is 21.4. The standard InChI is InChI=1S/C25H28N2OS/c1-5-8-9-11-19(21-12-10-13-26-23(21)6-2)15-20-16-27(25(28)7-3)17-24-22(20)14-18(4)29-24/h5,7-15,20H,3,6,16-17H2,1-2,4H3/b8-5-,11-9-,19-15-/t20-/m0/s1. The zero-order chi connectivity index (χ0) is 20.8. The summed E-state index contributed by atoms with van der Waals surface area (Å²) in [5, 5.41) is 0. The molecular weight excluding hydrogens is 376 g/mol. The molecule has 0 saturated heterocycles. The van der Waals surface area contributed by atoms with Gasteiger partial charge in [-0.2, -0.15) is 0 Å². The first-order valence-corrected chi connectivity index (χ1v) is 10.8. The van der Waals surface area contributed by atoms with Crippen LogP contribution >= 0.6 is 11.3 Å². The van der Waals surface area contributed by atoms with Gasteiger partial charge < -0.3 is 4.90 Å². The van der Waals surface area contributed by atoms with Crippen LogP contribution in [0.25, 0.3) is 5.57 Å². The summed E-state index contributed by atoms with van der Waals surface area (Å²) >= 11 is 1.78. The first kappa shape index (κ1) is 21.0.